The molecule has 2 heterocycles. The maximum atomic E-state index is 12.6. The van der Waals surface area contributed by atoms with Gasteiger partial charge in [-0.1, -0.05) is 6.07 Å². The predicted molar refractivity (Wildman–Crippen MR) is 91.7 cm³/mol. The number of benzene rings is 1. The number of hydrogen-bond acceptors (Lipinski definition) is 5. The van der Waals surface area contributed by atoms with E-state index < -0.39 is 11.8 Å². The van der Waals surface area contributed by atoms with Gasteiger partial charge in [0.05, 0.1) is 13.2 Å². The van der Waals surface area contributed by atoms with E-state index >= 15 is 0 Å². The number of nitrogens with one attached hydrogen (secondary N) is 1. The van der Waals surface area contributed by atoms with Crippen molar-refractivity contribution >= 4 is 23.4 Å². The molecule has 132 valence electrons. The van der Waals surface area contributed by atoms with Crippen LogP contribution in [0.4, 0.5) is 5.69 Å². The second kappa shape index (κ2) is 7.48. The van der Waals surface area contributed by atoms with Crippen molar-refractivity contribution in [2.75, 3.05) is 31.6 Å². The van der Waals surface area contributed by atoms with Gasteiger partial charge in [-0.2, -0.15) is 0 Å². The van der Waals surface area contributed by atoms with E-state index in [0.717, 1.165) is 37.3 Å². The van der Waals surface area contributed by atoms with Crippen LogP contribution in [0.5, 0.6) is 0 Å². The Morgan fingerprint density at radius 3 is 2.64 bits per heavy atom. The van der Waals surface area contributed by atoms with Crippen molar-refractivity contribution < 1.29 is 19.5 Å². The number of hydrogen-bond donors (Lipinski definition) is 2. The maximum Gasteiger partial charge on any atom is 0.277 e. The van der Waals surface area contributed by atoms with Gasteiger partial charge < -0.3 is 15.3 Å². The van der Waals surface area contributed by atoms with Gasteiger partial charge in [0.1, 0.15) is 5.70 Å². The molecule has 0 unspecified atom stereocenters. The van der Waals surface area contributed by atoms with Crippen LogP contribution in [-0.2, 0) is 9.59 Å². The molecule has 1 aromatic carbocycles. The Morgan fingerprint density at radius 2 is 1.92 bits per heavy atom. The summed E-state index contributed by atoms with van der Waals surface area (Å²) in [5.41, 5.74) is 1.26. The molecule has 0 bridgehead atoms. The molecule has 2 N–H and O–H groups in total. The molecule has 25 heavy (non-hydrogen) atoms. The molecule has 3 amide bonds. The smallest absolute Gasteiger partial charge is 0.277 e. The molecular formula is C18H21N3O4. The third-order valence-corrected chi connectivity index (χ3v) is 4.36. The van der Waals surface area contributed by atoms with Crippen molar-refractivity contribution in [2.45, 2.75) is 19.3 Å². The van der Waals surface area contributed by atoms with E-state index in [-0.39, 0.29) is 24.8 Å². The standard InChI is InChI=1S/C18H21N3O4/c22-10-9-21-16(23)12-15(18(21)25)19-14-6-4-5-13(11-14)17(24)20-7-2-1-3-8-20/h4-6,11-12,19,22H,1-3,7-10H2. The van der Waals surface area contributed by atoms with E-state index in [1.807, 2.05) is 4.90 Å². The van der Waals surface area contributed by atoms with Crippen molar-refractivity contribution in [2.24, 2.45) is 0 Å². The Morgan fingerprint density at radius 1 is 1.16 bits per heavy atom. The van der Waals surface area contributed by atoms with Crippen molar-refractivity contribution in [1.29, 1.82) is 0 Å². The van der Waals surface area contributed by atoms with Crippen LogP contribution in [0, 0.1) is 0 Å². The number of imide groups is 1. The minimum absolute atomic E-state index is 0.0203. The maximum absolute atomic E-state index is 12.6. The van der Waals surface area contributed by atoms with Crippen LogP contribution in [0.25, 0.3) is 0 Å². The highest BCUT2D eigenvalue weighted by Crippen LogP contribution is 2.20. The molecule has 0 saturated carbocycles. The molecule has 3 rings (SSSR count). The van der Waals surface area contributed by atoms with Crippen molar-refractivity contribution in [3.05, 3.63) is 41.6 Å². The Bertz CT molecular complexity index is 723. The zero-order valence-corrected chi connectivity index (χ0v) is 13.9. The lowest BCUT2D eigenvalue weighted by molar-refractivity contribution is -0.137. The van der Waals surface area contributed by atoms with Gasteiger partial charge in [-0.15, -0.1) is 0 Å². The molecule has 1 fully saturated rings. The Kier molecular flexibility index (Phi) is 5.14. The quantitative estimate of drug-likeness (QED) is 0.778. The SMILES string of the molecule is O=C(c1cccc(NC2=CC(=O)N(CCO)C2=O)c1)N1CCCCC1. The number of aliphatic hydroxyl groups excluding tert-OH is 1. The van der Waals surface area contributed by atoms with Gasteiger partial charge in [0.15, 0.2) is 0 Å². The van der Waals surface area contributed by atoms with Gasteiger partial charge in [0.2, 0.25) is 0 Å². The molecule has 0 aromatic heterocycles. The van der Waals surface area contributed by atoms with E-state index in [9.17, 15) is 14.4 Å². The molecule has 0 atom stereocenters. The zero-order chi connectivity index (χ0) is 17.8. The molecule has 0 aliphatic carbocycles. The third-order valence-electron chi connectivity index (χ3n) is 4.36. The Hall–Kier alpha value is -2.67. The van der Waals surface area contributed by atoms with Gasteiger partial charge >= 0.3 is 0 Å². The fraction of sp³-hybridized carbons (Fsp3) is 0.389. The number of β-amino-alcohol motifs (C(OH)–C–C–N with tert-alkyl or cyclic N) is 1. The number of amides is 3. The van der Waals surface area contributed by atoms with E-state index in [1.54, 1.807) is 24.3 Å². The lowest BCUT2D eigenvalue weighted by atomic mass is 10.1. The number of carbonyl (C=O) groups is 3. The zero-order valence-electron chi connectivity index (χ0n) is 13.9. The van der Waals surface area contributed by atoms with E-state index in [2.05, 4.69) is 5.32 Å². The Balaban J connectivity index is 1.72. The second-order valence-electron chi connectivity index (χ2n) is 6.14. The van der Waals surface area contributed by atoms with Gasteiger partial charge in [-0.05, 0) is 37.5 Å². The first kappa shape index (κ1) is 17.2. The van der Waals surface area contributed by atoms with E-state index in [4.69, 9.17) is 5.11 Å². The summed E-state index contributed by atoms with van der Waals surface area (Å²) >= 11 is 0. The van der Waals surface area contributed by atoms with Gasteiger partial charge in [-0.25, -0.2) is 0 Å². The van der Waals surface area contributed by atoms with Gasteiger partial charge in [-0.3, -0.25) is 19.3 Å². The molecule has 2 aliphatic rings. The summed E-state index contributed by atoms with van der Waals surface area (Å²) in [6.07, 6.45) is 4.40. The molecule has 1 saturated heterocycles. The first-order chi connectivity index (χ1) is 12.1. The van der Waals surface area contributed by atoms with Crippen molar-refractivity contribution in [3.63, 3.8) is 0 Å². The highest BCUT2D eigenvalue weighted by atomic mass is 16.3. The molecule has 2 aliphatic heterocycles. The van der Waals surface area contributed by atoms with Crippen LogP contribution < -0.4 is 5.32 Å². The van der Waals surface area contributed by atoms with Crippen molar-refractivity contribution in [1.82, 2.24) is 9.80 Å². The number of rotatable bonds is 5. The minimum atomic E-state index is -0.480. The summed E-state index contributed by atoms with van der Waals surface area (Å²) in [5, 5.41) is 11.8. The number of likely N-dealkylation sites (tertiary alicyclic amines) is 1. The lowest BCUT2D eigenvalue weighted by Gasteiger charge is -2.26. The van der Waals surface area contributed by atoms with Gasteiger partial charge in [0.25, 0.3) is 17.7 Å². The minimum Gasteiger partial charge on any atom is -0.395 e. The Labute approximate surface area is 145 Å². The highest BCUT2D eigenvalue weighted by molar-refractivity contribution is 6.17. The number of piperidine rings is 1. The lowest BCUT2D eigenvalue weighted by Crippen LogP contribution is -2.35. The second-order valence-corrected chi connectivity index (χ2v) is 6.14. The fourth-order valence-electron chi connectivity index (χ4n) is 3.07. The number of aliphatic hydroxyl groups is 1. The van der Waals surface area contributed by atoms with Gasteiger partial charge in [0, 0.05) is 30.4 Å². The fourth-order valence-corrected chi connectivity index (χ4v) is 3.07. The number of nitrogens with zero attached hydrogens (tertiary/aromatic N) is 2. The van der Waals surface area contributed by atoms with Crippen LogP contribution in [0.2, 0.25) is 0 Å². The summed E-state index contributed by atoms with van der Waals surface area (Å²) in [6.45, 7) is 1.22. The summed E-state index contributed by atoms with van der Waals surface area (Å²) in [5.74, 6) is -0.957. The first-order valence-corrected chi connectivity index (χ1v) is 8.45. The summed E-state index contributed by atoms with van der Waals surface area (Å²) < 4.78 is 0. The van der Waals surface area contributed by atoms with Crippen LogP contribution in [0.15, 0.2) is 36.0 Å². The molecule has 0 spiro atoms. The third kappa shape index (κ3) is 3.71. The average Bonchev–Trinajstić information content (AvgIpc) is 2.90. The highest BCUT2D eigenvalue weighted by Gasteiger charge is 2.30. The summed E-state index contributed by atoms with van der Waals surface area (Å²) in [4.78, 5) is 39.3. The van der Waals surface area contributed by atoms with Crippen LogP contribution in [0.1, 0.15) is 29.6 Å². The molecule has 0 radical (unpaired) electrons. The van der Waals surface area contributed by atoms with Crippen LogP contribution in [0.3, 0.4) is 0 Å². The van der Waals surface area contributed by atoms with Crippen LogP contribution in [-0.4, -0.2) is 58.9 Å². The molecule has 1 aromatic rings. The average molecular weight is 343 g/mol. The number of anilines is 1. The molecule has 7 nitrogen and oxygen atoms in total. The van der Waals surface area contributed by atoms with Crippen molar-refractivity contribution in [3.8, 4) is 0 Å². The predicted octanol–water partition coefficient (Wildman–Crippen LogP) is 0.970. The summed E-state index contributed by atoms with van der Waals surface area (Å²) in [6, 6.07) is 6.91. The normalized spacial score (nSPS) is 17.7. The van der Waals surface area contributed by atoms with Crippen LogP contribution >= 0.6 is 0 Å². The number of carbonyl (C=O) groups excluding carboxylic acids is 3. The largest absolute Gasteiger partial charge is 0.395 e. The monoisotopic (exact) mass is 343 g/mol. The van der Waals surface area contributed by atoms with E-state index in [0.29, 0.717) is 11.3 Å². The summed E-state index contributed by atoms with van der Waals surface area (Å²) in [7, 11) is 0. The topological polar surface area (TPSA) is 90.0 Å². The molecule has 7 heteroatoms. The van der Waals surface area contributed by atoms with E-state index in [1.165, 1.54) is 6.08 Å². The molecular weight excluding hydrogens is 322 g/mol. The first-order valence-electron chi connectivity index (χ1n) is 8.45.